The molecule has 2 aromatic carbocycles. The molecule has 134 valence electrons. The van der Waals surface area contributed by atoms with Crippen LogP contribution in [-0.2, 0) is 0 Å². The molecule has 0 fully saturated rings. The van der Waals surface area contributed by atoms with Crippen LogP contribution in [0, 0.1) is 11.3 Å². The first-order chi connectivity index (χ1) is 12.6. The first-order valence-electron chi connectivity index (χ1n) is 7.68. The fourth-order valence-electron chi connectivity index (χ4n) is 2.40. The Morgan fingerprint density at radius 1 is 0.923 bits per heavy atom. The lowest BCUT2D eigenvalue weighted by molar-refractivity contribution is 0.104. The first kappa shape index (κ1) is 18.9. The molecule has 0 bridgehead atoms. The number of rotatable bonds is 7. The maximum Gasteiger partial charge on any atom is 0.203 e. The Kier molecular flexibility index (Phi) is 6.23. The molecule has 2 rings (SSSR count). The Hall–Kier alpha value is -3.46. The van der Waals surface area contributed by atoms with E-state index in [1.54, 1.807) is 43.5 Å². The number of methoxy groups -OCH3 is 4. The molecule has 0 radical (unpaired) electrons. The van der Waals surface area contributed by atoms with Crippen molar-refractivity contribution in [3.8, 4) is 29.1 Å². The fourth-order valence-corrected chi connectivity index (χ4v) is 2.40. The lowest BCUT2D eigenvalue weighted by Crippen LogP contribution is -2.02. The Morgan fingerprint density at radius 3 is 1.92 bits per heavy atom. The molecule has 0 aliphatic carbocycles. The summed E-state index contributed by atoms with van der Waals surface area (Å²) in [4.78, 5) is 12.6. The van der Waals surface area contributed by atoms with Crippen molar-refractivity contribution in [2.45, 2.75) is 0 Å². The zero-order valence-corrected chi connectivity index (χ0v) is 15.0. The Bertz CT molecular complexity index is 838. The molecule has 2 aromatic rings. The van der Waals surface area contributed by atoms with Crippen molar-refractivity contribution in [3.63, 3.8) is 0 Å². The number of ether oxygens (including phenoxy) is 4. The zero-order valence-electron chi connectivity index (χ0n) is 15.0. The molecule has 0 saturated carbocycles. The Labute approximate surface area is 152 Å². The molecule has 26 heavy (non-hydrogen) atoms. The van der Waals surface area contributed by atoms with E-state index in [1.165, 1.54) is 27.4 Å². The SMILES string of the molecule is COc1ccc(C(=O)/C(C#N)=C\c2cc(OC)c(OC)c(OC)c2)cc1. The van der Waals surface area contributed by atoms with E-state index in [0.717, 1.165) is 0 Å². The van der Waals surface area contributed by atoms with Crippen LogP contribution in [0.3, 0.4) is 0 Å². The molecular formula is C20H19NO5. The summed E-state index contributed by atoms with van der Waals surface area (Å²) in [5, 5.41) is 9.42. The van der Waals surface area contributed by atoms with Crippen molar-refractivity contribution in [1.82, 2.24) is 0 Å². The fraction of sp³-hybridized carbons (Fsp3) is 0.200. The summed E-state index contributed by atoms with van der Waals surface area (Å²) < 4.78 is 20.9. The van der Waals surface area contributed by atoms with Crippen LogP contribution in [0.5, 0.6) is 23.0 Å². The summed E-state index contributed by atoms with van der Waals surface area (Å²) in [7, 11) is 6.04. The highest BCUT2D eigenvalue weighted by Gasteiger charge is 2.16. The number of carbonyl (C=O) groups is 1. The smallest absolute Gasteiger partial charge is 0.203 e. The van der Waals surface area contributed by atoms with Gasteiger partial charge in [-0.1, -0.05) is 0 Å². The van der Waals surface area contributed by atoms with Gasteiger partial charge >= 0.3 is 0 Å². The van der Waals surface area contributed by atoms with Crippen LogP contribution in [0.15, 0.2) is 42.0 Å². The predicted octanol–water partition coefficient (Wildman–Crippen LogP) is 3.51. The number of hydrogen-bond acceptors (Lipinski definition) is 6. The molecule has 0 unspecified atom stereocenters. The van der Waals surface area contributed by atoms with Crippen LogP contribution in [0.2, 0.25) is 0 Å². The second-order valence-electron chi connectivity index (χ2n) is 5.19. The van der Waals surface area contributed by atoms with Gasteiger partial charge in [-0.3, -0.25) is 4.79 Å². The molecule has 0 N–H and O–H groups in total. The third-order valence-corrected chi connectivity index (χ3v) is 3.72. The van der Waals surface area contributed by atoms with Crippen molar-refractivity contribution in [2.75, 3.05) is 28.4 Å². The molecule has 0 amide bonds. The molecular weight excluding hydrogens is 334 g/mol. The number of nitriles is 1. The second-order valence-corrected chi connectivity index (χ2v) is 5.19. The van der Waals surface area contributed by atoms with Crippen molar-refractivity contribution >= 4 is 11.9 Å². The van der Waals surface area contributed by atoms with E-state index in [1.807, 2.05) is 6.07 Å². The van der Waals surface area contributed by atoms with Gasteiger partial charge in [0, 0.05) is 5.56 Å². The highest BCUT2D eigenvalue weighted by atomic mass is 16.5. The minimum absolute atomic E-state index is 0.00978. The predicted molar refractivity (Wildman–Crippen MR) is 97.0 cm³/mol. The van der Waals surface area contributed by atoms with E-state index in [0.29, 0.717) is 34.1 Å². The van der Waals surface area contributed by atoms with E-state index in [-0.39, 0.29) is 11.4 Å². The standard InChI is InChI=1S/C20H19NO5/c1-23-16-7-5-14(6-8-16)19(22)15(12-21)9-13-10-17(24-2)20(26-4)18(11-13)25-3/h5-11H,1-4H3/b15-9-. The maximum absolute atomic E-state index is 12.6. The van der Waals surface area contributed by atoms with E-state index in [9.17, 15) is 10.1 Å². The van der Waals surface area contributed by atoms with Crippen LogP contribution in [0.4, 0.5) is 0 Å². The molecule has 0 aliphatic rings. The minimum Gasteiger partial charge on any atom is -0.497 e. The average molecular weight is 353 g/mol. The molecule has 0 heterocycles. The summed E-state index contributed by atoms with van der Waals surface area (Å²) in [5.74, 6) is 1.56. The number of hydrogen-bond donors (Lipinski definition) is 0. The molecule has 0 aromatic heterocycles. The molecule has 0 saturated heterocycles. The average Bonchev–Trinajstić information content (AvgIpc) is 2.70. The highest BCUT2D eigenvalue weighted by Crippen LogP contribution is 2.38. The van der Waals surface area contributed by atoms with Gasteiger partial charge in [-0.25, -0.2) is 0 Å². The molecule has 0 atom stereocenters. The van der Waals surface area contributed by atoms with Crippen molar-refractivity contribution in [1.29, 1.82) is 5.26 Å². The van der Waals surface area contributed by atoms with E-state index < -0.39 is 0 Å². The summed E-state index contributed by atoms with van der Waals surface area (Å²) in [5.41, 5.74) is 0.966. The van der Waals surface area contributed by atoms with Gasteiger partial charge in [0.1, 0.15) is 17.4 Å². The highest BCUT2D eigenvalue weighted by molar-refractivity contribution is 6.14. The quantitative estimate of drug-likeness (QED) is 0.431. The number of benzene rings is 2. The van der Waals surface area contributed by atoms with Gasteiger partial charge in [0.2, 0.25) is 11.5 Å². The maximum atomic E-state index is 12.6. The van der Waals surface area contributed by atoms with Gasteiger partial charge in [-0.2, -0.15) is 5.26 Å². The Balaban J connectivity index is 2.44. The van der Waals surface area contributed by atoms with E-state index >= 15 is 0 Å². The van der Waals surface area contributed by atoms with Crippen molar-refractivity contribution < 1.29 is 23.7 Å². The van der Waals surface area contributed by atoms with Crippen molar-refractivity contribution in [2.24, 2.45) is 0 Å². The second kappa shape index (κ2) is 8.58. The van der Waals surface area contributed by atoms with E-state index in [4.69, 9.17) is 18.9 Å². The normalized spacial score (nSPS) is 10.7. The van der Waals surface area contributed by atoms with Gasteiger partial charge < -0.3 is 18.9 Å². The van der Waals surface area contributed by atoms with Crippen LogP contribution < -0.4 is 18.9 Å². The zero-order chi connectivity index (χ0) is 19.1. The van der Waals surface area contributed by atoms with Gasteiger partial charge in [0.25, 0.3) is 0 Å². The van der Waals surface area contributed by atoms with Gasteiger partial charge in [-0.05, 0) is 48.0 Å². The molecule has 0 aliphatic heterocycles. The lowest BCUT2D eigenvalue weighted by Gasteiger charge is -2.13. The van der Waals surface area contributed by atoms with Crippen LogP contribution in [-0.4, -0.2) is 34.2 Å². The summed E-state index contributed by atoms with van der Waals surface area (Å²) in [6.07, 6.45) is 1.48. The van der Waals surface area contributed by atoms with Gasteiger partial charge in [0.15, 0.2) is 11.5 Å². The monoisotopic (exact) mass is 353 g/mol. The number of carbonyl (C=O) groups excluding carboxylic acids is 1. The van der Waals surface area contributed by atoms with Crippen molar-refractivity contribution in [3.05, 3.63) is 53.1 Å². The first-order valence-corrected chi connectivity index (χ1v) is 7.68. The third kappa shape index (κ3) is 3.95. The van der Waals surface area contributed by atoms with Crippen LogP contribution >= 0.6 is 0 Å². The summed E-state index contributed by atoms with van der Waals surface area (Å²) >= 11 is 0. The minimum atomic E-state index is -0.385. The van der Waals surface area contributed by atoms with Gasteiger partial charge in [-0.15, -0.1) is 0 Å². The van der Waals surface area contributed by atoms with Gasteiger partial charge in [0.05, 0.1) is 28.4 Å². The number of allylic oxidation sites excluding steroid dienone is 1. The molecule has 6 nitrogen and oxygen atoms in total. The number of nitrogens with zero attached hydrogens (tertiary/aromatic N) is 1. The number of ketones is 1. The third-order valence-electron chi connectivity index (χ3n) is 3.72. The lowest BCUT2D eigenvalue weighted by atomic mass is 10.0. The Morgan fingerprint density at radius 2 is 1.50 bits per heavy atom. The topological polar surface area (TPSA) is 77.8 Å². The van der Waals surface area contributed by atoms with Crippen LogP contribution in [0.1, 0.15) is 15.9 Å². The largest absolute Gasteiger partial charge is 0.497 e. The molecule has 6 heteroatoms. The molecule has 0 spiro atoms. The summed E-state index contributed by atoms with van der Waals surface area (Å²) in [6.45, 7) is 0. The number of Topliss-reactive ketones (excluding diaryl/α,β-unsaturated/α-hetero) is 1. The van der Waals surface area contributed by atoms with Crippen LogP contribution in [0.25, 0.3) is 6.08 Å². The summed E-state index contributed by atoms with van der Waals surface area (Å²) in [6, 6.07) is 11.8. The van der Waals surface area contributed by atoms with E-state index in [2.05, 4.69) is 0 Å².